The number of carboxylic acid groups (broad SMARTS) is 1. The zero-order valence-corrected chi connectivity index (χ0v) is 13.8. The van der Waals surface area contributed by atoms with Gasteiger partial charge in [-0.1, -0.05) is 12.1 Å². The Morgan fingerprint density at radius 3 is 2.58 bits per heavy atom. The lowest BCUT2D eigenvalue weighted by atomic mass is 10.0. The van der Waals surface area contributed by atoms with Gasteiger partial charge in [-0.2, -0.15) is 0 Å². The van der Waals surface area contributed by atoms with Crippen molar-refractivity contribution in [3.05, 3.63) is 35.4 Å². The summed E-state index contributed by atoms with van der Waals surface area (Å²) in [6.07, 6.45) is 4.75. The van der Waals surface area contributed by atoms with Gasteiger partial charge in [0.2, 0.25) is 0 Å². The molecule has 1 aromatic carbocycles. The summed E-state index contributed by atoms with van der Waals surface area (Å²) in [6, 6.07) is 6.67. The molecule has 0 aromatic heterocycles. The Hall–Kier alpha value is -2.08. The highest BCUT2D eigenvalue weighted by atomic mass is 16.4. The van der Waals surface area contributed by atoms with Crippen LogP contribution in [0.2, 0.25) is 0 Å². The molecule has 1 aliphatic carbocycles. The van der Waals surface area contributed by atoms with Crippen molar-refractivity contribution in [2.24, 2.45) is 5.92 Å². The van der Waals surface area contributed by atoms with Crippen LogP contribution in [0.3, 0.4) is 0 Å². The van der Waals surface area contributed by atoms with Crippen LogP contribution in [0.5, 0.6) is 0 Å². The molecule has 0 atom stereocenters. The lowest BCUT2D eigenvalue weighted by molar-refractivity contribution is 0.0696. The Labute approximate surface area is 142 Å². The summed E-state index contributed by atoms with van der Waals surface area (Å²) in [5.41, 5.74) is 1.02. The maximum atomic E-state index is 12.0. The molecule has 1 heterocycles. The smallest absolute Gasteiger partial charge is 0.335 e. The summed E-state index contributed by atoms with van der Waals surface area (Å²) in [5, 5.41) is 14.8. The van der Waals surface area contributed by atoms with E-state index in [-0.39, 0.29) is 17.6 Å². The van der Waals surface area contributed by atoms with Gasteiger partial charge >= 0.3 is 12.0 Å². The predicted octanol–water partition coefficient (Wildman–Crippen LogP) is 2.06. The molecular formula is C18H25N3O3. The van der Waals surface area contributed by atoms with Crippen LogP contribution in [0.4, 0.5) is 4.79 Å². The number of piperidine rings is 1. The Morgan fingerprint density at radius 1 is 1.17 bits per heavy atom. The Morgan fingerprint density at radius 2 is 1.92 bits per heavy atom. The number of carbonyl (C=O) groups excluding carboxylic acids is 1. The molecule has 2 fully saturated rings. The van der Waals surface area contributed by atoms with Crippen molar-refractivity contribution in [2.45, 2.75) is 38.3 Å². The number of carbonyl (C=O) groups is 2. The molecule has 6 heteroatoms. The van der Waals surface area contributed by atoms with E-state index < -0.39 is 5.97 Å². The van der Waals surface area contributed by atoms with Crippen LogP contribution in [0.15, 0.2) is 24.3 Å². The topological polar surface area (TPSA) is 81.7 Å². The minimum absolute atomic E-state index is 0.184. The van der Waals surface area contributed by atoms with Gasteiger partial charge < -0.3 is 20.6 Å². The number of rotatable bonds is 6. The zero-order chi connectivity index (χ0) is 16.9. The highest BCUT2D eigenvalue weighted by Crippen LogP contribution is 2.30. The number of amides is 2. The summed E-state index contributed by atoms with van der Waals surface area (Å²) < 4.78 is 0. The second-order valence-corrected chi connectivity index (χ2v) is 6.85. The zero-order valence-electron chi connectivity index (χ0n) is 13.8. The molecule has 1 aliphatic heterocycles. The molecule has 1 saturated carbocycles. The maximum absolute atomic E-state index is 12.0. The molecule has 0 radical (unpaired) electrons. The third kappa shape index (κ3) is 4.96. The minimum Gasteiger partial charge on any atom is -0.478 e. The third-order valence-corrected chi connectivity index (χ3v) is 4.76. The summed E-state index contributed by atoms with van der Waals surface area (Å²) in [5.74, 6) is -0.0429. The van der Waals surface area contributed by atoms with E-state index in [1.807, 2.05) is 6.07 Å². The van der Waals surface area contributed by atoms with Crippen LogP contribution >= 0.6 is 0 Å². The number of nitrogens with one attached hydrogen (secondary N) is 2. The van der Waals surface area contributed by atoms with Gasteiger partial charge in [-0.05, 0) is 49.3 Å². The number of likely N-dealkylation sites (tertiary alicyclic amines) is 1. The largest absolute Gasteiger partial charge is 0.478 e. The average molecular weight is 331 g/mol. The normalized spacial score (nSPS) is 19.0. The first kappa shape index (κ1) is 16.8. The number of aromatic carboxylic acids is 1. The Kier molecular flexibility index (Phi) is 5.35. The van der Waals surface area contributed by atoms with Crippen LogP contribution in [0.1, 0.15) is 41.6 Å². The van der Waals surface area contributed by atoms with Crippen LogP contribution in [0.25, 0.3) is 0 Å². The molecule has 3 rings (SSSR count). The summed E-state index contributed by atoms with van der Waals surface area (Å²) >= 11 is 0. The predicted molar refractivity (Wildman–Crippen MR) is 91.0 cm³/mol. The molecule has 1 aromatic rings. The van der Waals surface area contributed by atoms with Gasteiger partial charge in [0.05, 0.1) is 5.56 Å². The van der Waals surface area contributed by atoms with Gasteiger partial charge in [-0.15, -0.1) is 0 Å². The van der Waals surface area contributed by atoms with Crippen LogP contribution in [0, 0.1) is 5.92 Å². The van der Waals surface area contributed by atoms with E-state index >= 15 is 0 Å². The van der Waals surface area contributed by atoms with E-state index in [2.05, 4.69) is 15.5 Å². The van der Waals surface area contributed by atoms with Crippen molar-refractivity contribution < 1.29 is 14.7 Å². The number of hydrogen-bond acceptors (Lipinski definition) is 3. The van der Waals surface area contributed by atoms with Crippen molar-refractivity contribution in [2.75, 3.05) is 19.6 Å². The van der Waals surface area contributed by atoms with Crippen molar-refractivity contribution >= 4 is 12.0 Å². The van der Waals surface area contributed by atoms with Gasteiger partial charge in [0.25, 0.3) is 0 Å². The van der Waals surface area contributed by atoms with E-state index in [0.717, 1.165) is 37.4 Å². The average Bonchev–Trinajstić information content (AvgIpc) is 3.39. The Bertz CT molecular complexity index is 593. The van der Waals surface area contributed by atoms with E-state index in [4.69, 9.17) is 5.11 Å². The van der Waals surface area contributed by atoms with Crippen LogP contribution in [-0.4, -0.2) is 47.7 Å². The fourth-order valence-corrected chi connectivity index (χ4v) is 3.16. The molecule has 6 nitrogen and oxygen atoms in total. The number of carboxylic acids is 1. The van der Waals surface area contributed by atoms with Crippen molar-refractivity contribution in [1.29, 1.82) is 0 Å². The molecule has 2 aliphatic rings. The van der Waals surface area contributed by atoms with Gasteiger partial charge in [-0.25, -0.2) is 9.59 Å². The fraction of sp³-hybridized carbons (Fsp3) is 0.556. The first-order valence-corrected chi connectivity index (χ1v) is 8.69. The highest BCUT2D eigenvalue weighted by Gasteiger charge is 2.27. The quantitative estimate of drug-likeness (QED) is 0.745. The van der Waals surface area contributed by atoms with E-state index in [1.54, 1.807) is 18.2 Å². The van der Waals surface area contributed by atoms with Crippen molar-refractivity contribution in [3.63, 3.8) is 0 Å². The first-order valence-electron chi connectivity index (χ1n) is 8.69. The lowest BCUT2D eigenvalue weighted by Gasteiger charge is -2.32. The van der Waals surface area contributed by atoms with Crippen molar-refractivity contribution in [1.82, 2.24) is 15.5 Å². The summed E-state index contributed by atoms with van der Waals surface area (Å²) in [4.78, 5) is 25.5. The molecule has 0 bridgehead atoms. The minimum atomic E-state index is -0.959. The Balaban J connectivity index is 1.38. The van der Waals surface area contributed by atoms with E-state index in [0.29, 0.717) is 6.54 Å². The van der Waals surface area contributed by atoms with Gasteiger partial charge in [0, 0.05) is 32.2 Å². The van der Waals surface area contributed by atoms with E-state index in [9.17, 15) is 9.59 Å². The third-order valence-electron chi connectivity index (χ3n) is 4.76. The van der Waals surface area contributed by atoms with Gasteiger partial charge in [0.1, 0.15) is 0 Å². The van der Waals surface area contributed by atoms with Crippen molar-refractivity contribution in [3.8, 4) is 0 Å². The van der Waals surface area contributed by atoms with Crippen LogP contribution < -0.4 is 10.6 Å². The molecule has 130 valence electrons. The van der Waals surface area contributed by atoms with Gasteiger partial charge in [0.15, 0.2) is 0 Å². The second-order valence-electron chi connectivity index (χ2n) is 6.85. The van der Waals surface area contributed by atoms with Crippen LogP contribution in [-0.2, 0) is 6.54 Å². The van der Waals surface area contributed by atoms with Gasteiger partial charge in [-0.3, -0.25) is 0 Å². The molecular weight excluding hydrogens is 306 g/mol. The van der Waals surface area contributed by atoms with E-state index in [1.165, 1.54) is 19.4 Å². The molecule has 0 unspecified atom stereocenters. The second kappa shape index (κ2) is 7.66. The summed E-state index contributed by atoms with van der Waals surface area (Å²) in [7, 11) is 0. The lowest BCUT2D eigenvalue weighted by Crippen LogP contribution is -2.48. The summed E-state index contributed by atoms with van der Waals surface area (Å²) in [6.45, 7) is 3.66. The molecule has 0 spiro atoms. The number of benzene rings is 1. The number of urea groups is 1. The molecule has 24 heavy (non-hydrogen) atoms. The standard InChI is InChI=1S/C18H25N3O3/c22-17(23)15-3-1-2-14(10-15)11-19-18(24)20-16-6-8-21(9-7-16)12-13-4-5-13/h1-3,10,13,16H,4-9,11-12H2,(H,22,23)(H2,19,20,24). The maximum Gasteiger partial charge on any atom is 0.335 e. The molecule has 3 N–H and O–H groups in total. The fourth-order valence-electron chi connectivity index (χ4n) is 3.16. The highest BCUT2D eigenvalue weighted by molar-refractivity contribution is 5.87. The molecule has 2 amide bonds. The number of hydrogen-bond donors (Lipinski definition) is 3. The first-order chi connectivity index (χ1) is 11.6. The number of nitrogens with zero attached hydrogens (tertiary/aromatic N) is 1. The monoisotopic (exact) mass is 331 g/mol. The molecule has 1 saturated heterocycles. The SMILES string of the molecule is O=C(NCc1cccc(C(=O)O)c1)NC1CCN(CC2CC2)CC1.